The molecule has 0 aliphatic rings. The molecule has 0 aromatic heterocycles. The molecule has 0 fully saturated rings. The molecule has 2 aromatic rings. The molecule has 0 heterocycles. The molecule has 0 aliphatic heterocycles. The van der Waals surface area contributed by atoms with Crippen LogP contribution >= 0.6 is 0 Å². The quantitative estimate of drug-likeness (QED) is 0.253. The molecule has 0 spiro atoms. The smallest absolute Gasteiger partial charge is 0.345 e. The van der Waals surface area contributed by atoms with E-state index in [1.54, 1.807) is 13.8 Å². The van der Waals surface area contributed by atoms with Crippen molar-refractivity contribution in [3.8, 4) is 45.6 Å². The summed E-state index contributed by atoms with van der Waals surface area (Å²) in [5.41, 5.74) is -3.26. The van der Waals surface area contributed by atoms with Crippen molar-refractivity contribution < 1.29 is 49.4 Å². The Morgan fingerprint density at radius 2 is 1.31 bits per heavy atom. The number of ketones is 2. The van der Waals surface area contributed by atoms with Crippen molar-refractivity contribution in [3.63, 3.8) is 0 Å². The van der Waals surface area contributed by atoms with E-state index in [-0.39, 0.29) is 23.3 Å². The molecule has 190 valence electrons. The molecule has 5 N–H and O–H groups in total. The lowest BCUT2D eigenvalue weighted by Crippen LogP contribution is -2.14. The van der Waals surface area contributed by atoms with Gasteiger partial charge in [0.15, 0.2) is 11.6 Å². The summed E-state index contributed by atoms with van der Waals surface area (Å²) in [6.45, 7) is 6.33. The summed E-state index contributed by atoms with van der Waals surface area (Å²) in [5, 5.41) is 54.7. The number of phenolic OH excluding ortho intramolecular Hbond substituents is 5. The third-order valence-electron chi connectivity index (χ3n) is 5.96. The van der Waals surface area contributed by atoms with Crippen LogP contribution in [0, 0.1) is 12.8 Å². The second-order valence-corrected chi connectivity index (χ2v) is 8.11. The minimum absolute atomic E-state index is 0.00623. The highest BCUT2D eigenvalue weighted by Gasteiger charge is 2.37. The molecule has 0 bridgehead atoms. The van der Waals surface area contributed by atoms with E-state index in [1.807, 2.05) is 0 Å². The van der Waals surface area contributed by atoms with Gasteiger partial charge in [-0.05, 0) is 19.8 Å². The molecule has 0 saturated heterocycles. The van der Waals surface area contributed by atoms with Crippen LogP contribution in [0.15, 0.2) is 0 Å². The Balaban J connectivity index is 3.18. The summed E-state index contributed by atoms with van der Waals surface area (Å²) in [4.78, 5) is 38.3. The molecule has 10 heteroatoms. The summed E-state index contributed by atoms with van der Waals surface area (Å²) >= 11 is 0. The topological polar surface area (TPSA) is 171 Å². The van der Waals surface area contributed by atoms with Gasteiger partial charge in [-0.25, -0.2) is 4.79 Å². The number of methoxy groups -OCH3 is 2. The molecule has 2 aromatic carbocycles. The van der Waals surface area contributed by atoms with Crippen LogP contribution in [0.1, 0.15) is 76.7 Å². The first kappa shape index (κ1) is 27.3. The Hall–Kier alpha value is -3.95. The number of hydrogen-bond acceptors (Lipinski definition) is 10. The maximum Gasteiger partial charge on any atom is 0.345 e. The number of ether oxygens (including phenoxy) is 2. The lowest BCUT2D eigenvalue weighted by Gasteiger charge is -2.22. The van der Waals surface area contributed by atoms with Crippen LogP contribution in [0.5, 0.6) is 34.5 Å². The summed E-state index contributed by atoms with van der Waals surface area (Å²) < 4.78 is 9.84. The van der Waals surface area contributed by atoms with E-state index in [0.717, 1.165) is 7.11 Å². The maximum absolute atomic E-state index is 13.0. The Bertz CT molecular complexity index is 1200. The number of benzene rings is 2. The molecule has 0 saturated carbocycles. The van der Waals surface area contributed by atoms with E-state index in [4.69, 9.17) is 4.74 Å². The highest BCUT2D eigenvalue weighted by atomic mass is 16.5. The first-order valence-corrected chi connectivity index (χ1v) is 11.0. The number of Topliss-reactive ketones (excluding diaryl/α,β-unsaturated/α-hetero) is 2. The van der Waals surface area contributed by atoms with Gasteiger partial charge in [0.2, 0.25) is 0 Å². The van der Waals surface area contributed by atoms with Gasteiger partial charge >= 0.3 is 5.97 Å². The van der Waals surface area contributed by atoms with Gasteiger partial charge in [-0.15, -0.1) is 0 Å². The fourth-order valence-electron chi connectivity index (χ4n) is 3.84. The van der Waals surface area contributed by atoms with Crippen LogP contribution in [0.2, 0.25) is 0 Å². The van der Waals surface area contributed by atoms with Crippen molar-refractivity contribution in [2.75, 3.05) is 14.2 Å². The van der Waals surface area contributed by atoms with Crippen molar-refractivity contribution in [3.05, 3.63) is 22.3 Å². The van der Waals surface area contributed by atoms with Gasteiger partial charge in [0, 0.05) is 17.9 Å². The number of rotatable bonds is 9. The third-order valence-corrected chi connectivity index (χ3v) is 5.96. The van der Waals surface area contributed by atoms with E-state index in [2.05, 4.69) is 4.74 Å². The Morgan fingerprint density at radius 3 is 1.80 bits per heavy atom. The average molecular weight is 491 g/mol. The van der Waals surface area contributed by atoms with Crippen molar-refractivity contribution in [1.82, 2.24) is 0 Å². The molecular formula is C25H30O10. The molecule has 2 rings (SSSR count). The average Bonchev–Trinajstić information content (AvgIpc) is 2.82. The summed E-state index contributed by atoms with van der Waals surface area (Å²) in [6.07, 6.45) is 0.744. The van der Waals surface area contributed by atoms with Gasteiger partial charge in [0.25, 0.3) is 0 Å². The van der Waals surface area contributed by atoms with E-state index >= 15 is 0 Å². The zero-order chi connectivity index (χ0) is 26.8. The van der Waals surface area contributed by atoms with Gasteiger partial charge in [0.1, 0.15) is 51.2 Å². The monoisotopic (exact) mass is 490 g/mol. The minimum atomic E-state index is -1.24. The lowest BCUT2D eigenvalue weighted by atomic mass is 9.86. The SMILES string of the molecule is CCCC(=O)c1c(O)c(-c2c(O)c(C(=O)OC)c(O)c(C(=O)C(C)CC)c2O)c(O)c(C)c1OC. The van der Waals surface area contributed by atoms with Gasteiger partial charge < -0.3 is 35.0 Å². The first-order valence-electron chi connectivity index (χ1n) is 11.0. The van der Waals surface area contributed by atoms with E-state index in [9.17, 15) is 39.9 Å². The van der Waals surface area contributed by atoms with Gasteiger partial charge in [-0.3, -0.25) is 9.59 Å². The number of carbonyl (C=O) groups excluding carboxylic acids is 3. The Morgan fingerprint density at radius 1 is 0.800 bits per heavy atom. The third kappa shape index (κ3) is 4.43. The zero-order valence-corrected chi connectivity index (χ0v) is 20.5. The van der Waals surface area contributed by atoms with E-state index in [1.165, 1.54) is 21.0 Å². The predicted octanol–water partition coefficient (Wildman–Crippen LogP) is 4.20. The van der Waals surface area contributed by atoms with Crippen LogP contribution in [-0.4, -0.2) is 57.3 Å². The van der Waals surface area contributed by atoms with Crippen molar-refractivity contribution in [2.45, 2.75) is 47.0 Å². The number of hydrogen-bond donors (Lipinski definition) is 5. The van der Waals surface area contributed by atoms with Gasteiger partial charge in [0.05, 0.1) is 25.3 Å². The molecule has 0 aliphatic carbocycles. The number of aromatic hydroxyl groups is 5. The largest absolute Gasteiger partial charge is 0.507 e. The molecular weight excluding hydrogens is 460 g/mol. The summed E-state index contributed by atoms with van der Waals surface area (Å²) in [7, 11) is 2.20. The number of esters is 1. The molecule has 10 nitrogen and oxygen atoms in total. The number of carbonyl (C=O) groups is 3. The Labute approximate surface area is 202 Å². The van der Waals surface area contributed by atoms with Crippen LogP contribution in [0.3, 0.4) is 0 Å². The van der Waals surface area contributed by atoms with E-state index in [0.29, 0.717) is 12.8 Å². The van der Waals surface area contributed by atoms with Gasteiger partial charge in [-0.2, -0.15) is 0 Å². The minimum Gasteiger partial charge on any atom is -0.507 e. The van der Waals surface area contributed by atoms with Crippen LogP contribution in [-0.2, 0) is 4.74 Å². The van der Waals surface area contributed by atoms with E-state index < -0.39 is 74.5 Å². The molecule has 1 unspecified atom stereocenters. The second-order valence-electron chi connectivity index (χ2n) is 8.11. The number of phenols is 5. The summed E-state index contributed by atoms with van der Waals surface area (Å²) in [6, 6.07) is 0. The normalized spacial score (nSPS) is 11.7. The van der Waals surface area contributed by atoms with Gasteiger partial charge in [-0.1, -0.05) is 20.8 Å². The molecule has 35 heavy (non-hydrogen) atoms. The zero-order valence-electron chi connectivity index (χ0n) is 20.5. The fraction of sp³-hybridized carbons (Fsp3) is 0.400. The van der Waals surface area contributed by atoms with Crippen molar-refractivity contribution in [2.24, 2.45) is 5.92 Å². The summed E-state index contributed by atoms with van der Waals surface area (Å²) in [5.74, 6) is -8.02. The van der Waals surface area contributed by atoms with Crippen LogP contribution in [0.4, 0.5) is 0 Å². The highest BCUT2D eigenvalue weighted by molar-refractivity contribution is 6.13. The predicted molar refractivity (Wildman–Crippen MR) is 126 cm³/mol. The standard InChI is InChI=1S/C25H30O10/c1-7-9-12(26)13-20(29)14(19(28)11(4)24(13)34-5)15-21(30)16(18(27)10(3)8-2)23(32)17(22(15)31)25(33)35-6/h10,28-32H,7-9H2,1-6H3. The highest BCUT2D eigenvalue weighted by Crippen LogP contribution is 2.56. The molecule has 0 amide bonds. The first-order chi connectivity index (χ1) is 16.4. The van der Waals surface area contributed by atoms with Crippen molar-refractivity contribution >= 4 is 17.5 Å². The Kier molecular flexibility index (Phi) is 8.22. The van der Waals surface area contributed by atoms with Crippen LogP contribution in [0.25, 0.3) is 11.1 Å². The molecule has 1 atom stereocenters. The molecule has 0 radical (unpaired) electrons. The fourth-order valence-corrected chi connectivity index (χ4v) is 3.84. The van der Waals surface area contributed by atoms with Crippen LogP contribution < -0.4 is 4.74 Å². The van der Waals surface area contributed by atoms with Crippen molar-refractivity contribution in [1.29, 1.82) is 0 Å². The lowest BCUT2D eigenvalue weighted by molar-refractivity contribution is 0.0593. The maximum atomic E-state index is 13.0. The second kappa shape index (κ2) is 10.5.